The van der Waals surface area contributed by atoms with E-state index in [2.05, 4.69) is 10.3 Å². The van der Waals surface area contributed by atoms with Crippen molar-refractivity contribution >= 4 is 17.6 Å². The highest BCUT2D eigenvalue weighted by atomic mass is 16.5. The number of anilines is 1. The summed E-state index contributed by atoms with van der Waals surface area (Å²) in [5.41, 5.74) is 5.99. The van der Waals surface area contributed by atoms with Gasteiger partial charge in [0.25, 0.3) is 5.91 Å². The van der Waals surface area contributed by atoms with Crippen LogP contribution in [0.15, 0.2) is 18.3 Å². The second kappa shape index (κ2) is 6.44. The van der Waals surface area contributed by atoms with Gasteiger partial charge in [0, 0.05) is 12.7 Å². The average molecular weight is 239 g/mol. The summed E-state index contributed by atoms with van der Waals surface area (Å²) in [5.74, 6) is -1.47. The van der Waals surface area contributed by atoms with Crippen molar-refractivity contribution in [1.29, 1.82) is 0 Å². The summed E-state index contributed by atoms with van der Waals surface area (Å²) in [5, 5.41) is 10.8. The standard InChI is InChI=1S/C10H13N3O4/c11-7-2-1-3-12-9(7)10(16)13-4-5-17-6-8(14)15/h1-3H,4-6,11H2,(H,13,16)(H,14,15). The lowest BCUT2D eigenvalue weighted by Crippen LogP contribution is -2.29. The summed E-state index contributed by atoms with van der Waals surface area (Å²) in [7, 11) is 0. The van der Waals surface area contributed by atoms with Crippen LogP contribution in [-0.4, -0.2) is 41.7 Å². The maximum Gasteiger partial charge on any atom is 0.329 e. The first-order chi connectivity index (χ1) is 8.11. The molecule has 0 atom stereocenters. The molecule has 7 nitrogen and oxygen atoms in total. The van der Waals surface area contributed by atoms with E-state index in [-0.39, 0.29) is 31.1 Å². The molecule has 0 bridgehead atoms. The summed E-state index contributed by atoms with van der Waals surface area (Å²) in [6.45, 7) is -0.0749. The van der Waals surface area contributed by atoms with E-state index in [9.17, 15) is 9.59 Å². The van der Waals surface area contributed by atoms with Crippen molar-refractivity contribution in [3.8, 4) is 0 Å². The van der Waals surface area contributed by atoms with Gasteiger partial charge in [0.2, 0.25) is 0 Å². The molecule has 4 N–H and O–H groups in total. The number of carbonyl (C=O) groups is 2. The highest BCUT2D eigenvalue weighted by Gasteiger charge is 2.09. The number of carbonyl (C=O) groups excluding carboxylic acids is 1. The van der Waals surface area contributed by atoms with Crippen LogP contribution in [0.2, 0.25) is 0 Å². The monoisotopic (exact) mass is 239 g/mol. The number of aliphatic carboxylic acids is 1. The highest BCUT2D eigenvalue weighted by molar-refractivity contribution is 5.96. The number of nitrogens with zero attached hydrogens (tertiary/aromatic N) is 1. The fourth-order valence-electron chi connectivity index (χ4n) is 1.09. The number of nitrogens with one attached hydrogen (secondary N) is 1. The van der Waals surface area contributed by atoms with E-state index in [0.29, 0.717) is 0 Å². The minimum Gasteiger partial charge on any atom is -0.480 e. The van der Waals surface area contributed by atoms with E-state index in [1.165, 1.54) is 6.20 Å². The van der Waals surface area contributed by atoms with Crippen molar-refractivity contribution in [1.82, 2.24) is 10.3 Å². The molecular weight excluding hydrogens is 226 g/mol. The predicted molar refractivity (Wildman–Crippen MR) is 59.4 cm³/mol. The lowest BCUT2D eigenvalue weighted by Gasteiger charge is -2.06. The Bertz CT molecular complexity index is 408. The molecule has 0 aliphatic heterocycles. The van der Waals surface area contributed by atoms with E-state index >= 15 is 0 Å². The Labute approximate surface area is 97.6 Å². The van der Waals surface area contributed by atoms with Crippen LogP contribution in [0.1, 0.15) is 10.5 Å². The molecule has 0 unspecified atom stereocenters. The van der Waals surface area contributed by atoms with Crippen LogP contribution >= 0.6 is 0 Å². The zero-order valence-electron chi connectivity index (χ0n) is 9.05. The SMILES string of the molecule is Nc1cccnc1C(=O)NCCOCC(=O)O. The third-order valence-corrected chi connectivity index (χ3v) is 1.81. The second-order valence-corrected chi connectivity index (χ2v) is 3.14. The number of hydrogen-bond acceptors (Lipinski definition) is 5. The molecule has 0 fully saturated rings. The van der Waals surface area contributed by atoms with Gasteiger partial charge in [-0.1, -0.05) is 0 Å². The molecule has 0 saturated heterocycles. The molecule has 1 amide bonds. The van der Waals surface area contributed by atoms with Crippen molar-refractivity contribution in [3.05, 3.63) is 24.0 Å². The second-order valence-electron chi connectivity index (χ2n) is 3.14. The Morgan fingerprint density at radius 2 is 2.29 bits per heavy atom. The van der Waals surface area contributed by atoms with Gasteiger partial charge in [-0.2, -0.15) is 0 Å². The van der Waals surface area contributed by atoms with Gasteiger partial charge in [0.1, 0.15) is 6.61 Å². The Hall–Kier alpha value is -2.15. The van der Waals surface area contributed by atoms with Crippen LogP contribution in [0.5, 0.6) is 0 Å². The molecule has 0 aliphatic carbocycles. The van der Waals surface area contributed by atoms with E-state index in [1.54, 1.807) is 12.1 Å². The van der Waals surface area contributed by atoms with Gasteiger partial charge in [0.15, 0.2) is 5.69 Å². The molecule has 0 saturated carbocycles. The molecule has 0 radical (unpaired) electrons. The molecule has 1 aromatic heterocycles. The summed E-state index contributed by atoms with van der Waals surface area (Å²) in [6, 6.07) is 3.20. The minimum atomic E-state index is -1.05. The molecule has 0 spiro atoms. The van der Waals surface area contributed by atoms with Crippen LogP contribution < -0.4 is 11.1 Å². The molecule has 1 rings (SSSR count). The number of carboxylic acids is 1. The van der Waals surface area contributed by atoms with Crippen LogP contribution in [-0.2, 0) is 9.53 Å². The smallest absolute Gasteiger partial charge is 0.329 e. The van der Waals surface area contributed by atoms with E-state index in [1.807, 2.05) is 0 Å². The summed E-state index contributed by atoms with van der Waals surface area (Å²) >= 11 is 0. The first-order valence-corrected chi connectivity index (χ1v) is 4.89. The summed E-state index contributed by atoms with van der Waals surface area (Å²) in [4.78, 5) is 25.5. The maximum absolute atomic E-state index is 11.5. The number of amides is 1. The van der Waals surface area contributed by atoms with Crippen molar-refractivity contribution in [2.45, 2.75) is 0 Å². The van der Waals surface area contributed by atoms with Gasteiger partial charge < -0.3 is 20.9 Å². The quantitative estimate of drug-likeness (QED) is 0.576. The Morgan fingerprint density at radius 1 is 1.53 bits per heavy atom. The first kappa shape index (κ1) is 12.9. The maximum atomic E-state index is 11.5. The number of nitrogens with two attached hydrogens (primary N) is 1. The van der Waals surface area contributed by atoms with E-state index in [0.717, 1.165) is 0 Å². The summed E-state index contributed by atoms with van der Waals surface area (Å²) in [6.07, 6.45) is 1.46. The molecule has 0 aromatic carbocycles. The van der Waals surface area contributed by atoms with E-state index < -0.39 is 11.9 Å². The van der Waals surface area contributed by atoms with E-state index in [4.69, 9.17) is 15.6 Å². The predicted octanol–water partition coefficient (Wildman–Crippen LogP) is -0.505. The number of pyridine rings is 1. The Morgan fingerprint density at radius 3 is 2.94 bits per heavy atom. The number of hydrogen-bond donors (Lipinski definition) is 3. The van der Waals surface area contributed by atoms with Gasteiger partial charge >= 0.3 is 5.97 Å². The van der Waals surface area contributed by atoms with Gasteiger partial charge in [-0.3, -0.25) is 4.79 Å². The fourth-order valence-corrected chi connectivity index (χ4v) is 1.09. The van der Waals surface area contributed by atoms with Gasteiger partial charge in [0.05, 0.1) is 12.3 Å². The van der Waals surface area contributed by atoms with Crippen LogP contribution in [0.25, 0.3) is 0 Å². The third-order valence-electron chi connectivity index (χ3n) is 1.81. The molecule has 0 aliphatic rings. The van der Waals surface area contributed by atoms with Crippen molar-refractivity contribution in [3.63, 3.8) is 0 Å². The molecule has 7 heteroatoms. The largest absolute Gasteiger partial charge is 0.480 e. The Balaban J connectivity index is 2.31. The molecule has 1 heterocycles. The number of carboxylic acid groups (broad SMARTS) is 1. The minimum absolute atomic E-state index is 0.116. The van der Waals surface area contributed by atoms with Crippen LogP contribution in [0.4, 0.5) is 5.69 Å². The van der Waals surface area contributed by atoms with Crippen molar-refractivity contribution < 1.29 is 19.4 Å². The van der Waals surface area contributed by atoms with Gasteiger partial charge in [-0.05, 0) is 12.1 Å². The van der Waals surface area contributed by atoms with Crippen molar-refractivity contribution in [2.75, 3.05) is 25.5 Å². The van der Waals surface area contributed by atoms with Crippen molar-refractivity contribution in [2.24, 2.45) is 0 Å². The lowest BCUT2D eigenvalue weighted by atomic mass is 10.3. The van der Waals surface area contributed by atoms with Gasteiger partial charge in [-0.25, -0.2) is 9.78 Å². The van der Waals surface area contributed by atoms with Crippen LogP contribution in [0, 0.1) is 0 Å². The lowest BCUT2D eigenvalue weighted by molar-refractivity contribution is -0.142. The molecule has 17 heavy (non-hydrogen) atoms. The average Bonchev–Trinajstić information content (AvgIpc) is 2.28. The fraction of sp³-hybridized carbons (Fsp3) is 0.300. The highest BCUT2D eigenvalue weighted by Crippen LogP contribution is 2.05. The molecule has 92 valence electrons. The third kappa shape index (κ3) is 4.47. The first-order valence-electron chi connectivity index (χ1n) is 4.89. The zero-order valence-corrected chi connectivity index (χ0v) is 9.05. The topological polar surface area (TPSA) is 115 Å². The number of aromatic nitrogens is 1. The number of ether oxygens (including phenoxy) is 1. The normalized spacial score (nSPS) is 9.88. The number of rotatable bonds is 6. The zero-order chi connectivity index (χ0) is 12.7. The molecular formula is C10H13N3O4. The molecule has 1 aromatic rings. The van der Waals surface area contributed by atoms with Crippen LogP contribution in [0.3, 0.4) is 0 Å². The number of nitrogen functional groups attached to an aromatic ring is 1. The van der Waals surface area contributed by atoms with Gasteiger partial charge in [-0.15, -0.1) is 0 Å². The summed E-state index contributed by atoms with van der Waals surface area (Å²) < 4.78 is 4.75. The Kier molecular flexibility index (Phi) is 4.89.